The lowest BCUT2D eigenvalue weighted by atomic mass is 9.83. The fraction of sp³-hybridized carbons (Fsp3) is 0.500. The molecule has 0 aliphatic rings. The van der Waals surface area contributed by atoms with Gasteiger partial charge in [-0.05, 0) is 23.6 Å². The van der Waals surface area contributed by atoms with Gasteiger partial charge in [0.1, 0.15) is 11.4 Å². The lowest BCUT2D eigenvalue weighted by molar-refractivity contribution is -0.00117. The molecule has 0 saturated carbocycles. The van der Waals surface area contributed by atoms with E-state index in [1.807, 2.05) is 38.1 Å². The SMILES string of the molecule is COc1ccc(C(O)(CN)C(C)C)cc1. The minimum Gasteiger partial charge on any atom is -0.497 e. The van der Waals surface area contributed by atoms with Gasteiger partial charge in [0.15, 0.2) is 0 Å². The van der Waals surface area contributed by atoms with Crippen LogP contribution in [0.25, 0.3) is 0 Å². The third-order valence-corrected chi connectivity index (χ3v) is 2.86. The molecule has 1 aromatic carbocycles. The van der Waals surface area contributed by atoms with Crippen LogP contribution in [0.3, 0.4) is 0 Å². The minimum absolute atomic E-state index is 0.0795. The van der Waals surface area contributed by atoms with Crippen molar-refractivity contribution >= 4 is 0 Å². The maximum Gasteiger partial charge on any atom is 0.118 e. The van der Waals surface area contributed by atoms with Crippen LogP contribution < -0.4 is 10.5 Å². The zero-order valence-corrected chi connectivity index (χ0v) is 9.53. The van der Waals surface area contributed by atoms with Crippen LogP contribution >= 0.6 is 0 Å². The van der Waals surface area contributed by atoms with E-state index in [2.05, 4.69) is 0 Å². The van der Waals surface area contributed by atoms with Gasteiger partial charge in [0.25, 0.3) is 0 Å². The molecule has 0 amide bonds. The molecule has 15 heavy (non-hydrogen) atoms. The van der Waals surface area contributed by atoms with E-state index in [0.29, 0.717) is 0 Å². The number of methoxy groups -OCH3 is 1. The predicted octanol–water partition coefficient (Wildman–Crippen LogP) is 1.50. The Labute approximate surface area is 90.9 Å². The van der Waals surface area contributed by atoms with Crippen molar-refractivity contribution in [3.63, 3.8) is 0 Å². The zero-order valence-electron chi connectivity index (χ0n) is 9.53. The number of aliphatic hydroxyl groups is 1. The summed E-state index contributed by atoms with van der Waals surface area (Å²) >= 11 is 0. The van der Waals surface area contributed by atoms with Crippen molar-refractivity contribution in [2.75, 3.05) is 13.7 Å². The number of benzene rings is 1. The lowest BCUT2D eigenvalue weighted by Gasteiger charge is -2.31. The van der Waals surface area contributed by atoms with Crippen molar-refractivity contribution in [2.45, 2.75) is 19.4 Å². The Hall–Kier alpha value is -1.06. The van der Waals surface area contributed by atoms with Crippen molar-refractivity contribution < 1.29 is 9.84 Å². The zero-order chi connectivity index (χ0) is 11.5. The third-order valence-electron chi connectivity index (χ3n) is 2.86. The second-order valence-electron chi connectivity index (χ2n) is 4.01. The second-order valence-corrected chi connectivity index (χ2v) is 4.01. The number of hydrogen-bond donors (Lipinski definition) is 2. The van der Waals surface area contributed by atoms with Crippen LogP contribution in [-0.4, -0.2) is 18.8 Å². The van der Waals surface area contributed by atoms with E-state index in [4.69, 9.17) is 10.5 Å². The summed E-state index contributed by atoms with van der Waals surface area (Å²) in [4.78, 5) is 0. The van der Waals surface area contributed by atoms with Gasteiger partial charge in [0, 0.05) is 6.54 Å². The summed E-state index contributed by atoms with van der Waals surface area (Å²) < 4.78 is 5.06. The summed E-state index contributed by atoms with van der Waals surface area (Å²) in [5.74, 6) is 0.859. The second kappa shape index (κ2) is 4.64. The molecule has 1 unspecified atom stereocenters. The highest BCUT2D eigenvalue weighted by Gasteiger charge is 2.31. The van der Waals surface area contributed by atoms with Crippen LogP contribution in [0.2, 0.25) is 0 Å². The van der Waals surface area contributed by atoms with E-state index in [0.717, 1.165) is 11.3 Å². The van der Waals surface area contributed by atoms with E-state index >= 15 is 0 Å². The molecule has 3 N–H and O–H groups in total. The van der Waals surface area contributed by atoms with Gasteiger partial charge in [-0.2, -0.15) is 0 Å². The Morgan fingerprint density at radius 2 is 1.87 bits per heavy atom. The Morgan fingerprint density at radius 3 is 2.20 bits per heavy atom. The summed E-state index contributed by atoms with van der Waals surface area (Å²) in [6, 6.07) is 7.37. The maximum atomic E-state index is 10.4. The van der Waals surface area contributed by atoms with Gasteiger partial charge in [-0.25, -0.2) is 0 Å². The molecule has 0 fully saturated rings. The molecule has 3 heteroatoms. The van der Waals surface area contributed by atoms with Crippen LogP contribution in [0.4, 0.5) is 0 Å². The first kappa shape index (κ1) is 12.0. The summed E-state index contributed by atoms with van der Waals surface area (Å²) in [6.45, 7) is 4.13. The molecule has 0 spiro atoms. The van der Waals surface area contributed by atoms with E-state index in [1.165, 1.54) is 0 Å². The van der Waals surface area contributed by atoms with E-state index in [-0.39, 0.29) is 12.5 Å². The van der Waals surface area contributed by atoms with Gasteiger partial charge in [-0.15, -0.1) is 0 Å². The topological polar surface area (TPSA) is 55.5 Å². The number of ether oxygens (including phenoxy) is 1. The molecular weight excluding hydrogens is 190 g/mol. The van der Waals surface area contributed by atoms with Gasteiger partial charge in [-0.3, -0.25) is 0 Å². The molecule has 84 valence electrons. The number of hydrogen-bond acceptors (Lipinski definition) is 3. The highest BCUT2D eigenvalue weighted by molar-refractivity contribution is 5.31. The first-order valence-electron chi connectivity index (χ1n) is 5.11. The molecule has 0 aliphatic carbocycles. The molecule has 0 radical (unpaired) electrons. The van der Waals surface area contributed by atoms with Crippen molar-refractivity contribution in [2.24, 2.45) is 11.7 Å². The summed E-state index contributed by atoms with van der Waals surface area (Å²) in [7, 11) is 1.62. The van der Waals surface area contributed by atoms with Crippen LogP contribution in [0.15, 0.2) is 24.3 Å². The normalized spacial score (nSPS) is 15.1. The molecule has 1 rings (SSSR count). The first-order valence-corrected chi connectivity index (χ1v) is 5.11. The van der Waals surface area contributed by atoms with Crippen molar-refractivity contribution in [1.29, 1.82) is 0 Å². The van der Waals surface area contributed by atoms with E-state index in [9.17, 15) is 5.11 Å². The molecule has 0 aliphatic heterocycles. The van der Waals surface area contributed by atoms with E-state index in [1.54, 1.807) is 7.11 Å². The van der Waals surface area contributed by atoms with Gasteiger partial charge >= 0.3 is 0 Å². The largest absolute Gasteiger partial charge is 0.497 e. The first-order chi connectivity index (χ1) is 7.04. The fourth-order valence-electron chi connectivity index (χ4n) is 1.57. The highest BCUT2D eigenvalue weighted by Crippen LogP contribution is 2.29. The van der Waals surface area contributed by atoms with Crippen LogP contribution in [0.5, 0.6) is 5.75 Å². The van der Waals surface area contributed by atoms with Crippen molar-refractivity contribution in [3.8, 4) is 5.75 Å². The molecule has 1 aromatic rings. The third kappa shape index (κ3) is 2.30. The molecule has 0 aromatic heterocycles. The quantitative estimate of drug-likeness (QED) is 0.790. The molecule has 1 atom stereocenters. The standard InChI is InChI=1S/C12H19NO2/c1-9(2)12(14,8-13)10-4-6-11(15-3)7-5-10/h4-7,9,14H,8,13H2,1-3H3. The van der Waals surface area contributed by atoms with Gasteiger partial charge in [0.2, 0.25) is 0 Å². The Morgan fingerprint density at radius 1 is 1.33 bits per heavy atom. The van der Waals surface area contributed by atoms with Crippen LogP contribution in [-0.2, 0) is 5.60 Å². The molecule has 0 bridgehead atoms. The monoisotopic (exact) mass is 209 g/mol. The summed E-state index contributed by atoms with van der Waals surface area (Å²) in [5, 5.41) is 10.4. The molecular formula is C12H19NO2. The Kier molecular flexibility index (Phi) is 3.72. The molecule has 3 nitrogen and oxygen atoms in total. The number of rotatable bonds is 4. The molecule has 0 heterocycles. The van der Waals surface area contributed by atoms with E-state index < -0.39 is 5.60 Å². The van der Waals surface area contributed by atoms with Gasteiger partial charge < -0.3 is 15.6 Å². The Balaban J connectivity index is 3.03. The average Bonchev–Trinajstić information content (AvgIpc) is 2.28. The molecule has 0 saturated heterocycles. The fourth-order valence-corrected chi connectivity index (χ4v) is 1.57. The summed E-state index contributed by atoms with van der Waals surface area (Å²) in [6.07, 6.45) is 0. The summed E-state index contributed by atoms with van der Waals surface area (Å²) in [5.41, 5.74) is 5.51. The van der Waals surface area contributed by atoms with Gasteiger partial charge in [0.05, 0.1) is 7.11 Å². The van der Waals surface area contributed by atoms with Crippen molar-refractivity contribution in [3.05, 3.63) is 29.8 Å². The van der Waals surface area contributed by atoms with Crippen LogP contribution in [0, 0.1) is 5.92 Å². The highest BCUT2D eigenvalue weighted by atomic mass is 16.5. The number of nitrogens with two attached hydrogens (primary N) is 1. The smallest absolute Gasteiger partial charge is 0.118 e. The lowest BCUT2D eigenvalue weighted by Crippen LogP contribution is -2.39. The predicted molar refractivity (Wildman–Crippen MR) is 60.8 cm³/mol. The maximum absolute atomic E-state index is 10.4. The average molecular weight is 209 g/mol. The van der Waals surface area contributed by atoms with Crippen LogP contribution in [0.1, 0.15) is 19.4 Å². The minimum atomic E-state index is -0.952. The Bertz CT molecular complexity index is 308. The van der Waals surface area contributed by atoms with Crippen molar-refractivity contribution in [1.82, 2.24) is 0 Å². The van der Waals surface area contributed by atoms with Gasteiger partial charge in [-0.1, -0.05) is 26.0 Å².